The summed E-state index contributed by atoms with van der Waals surface area (Å²) in [7, 11) is 0. The smallest absolute Gasteiger partial charge is 0.261 e. The summed E-state index contributed by atoms with van der Waals surface area (Å²) in [5.41, 5.74) is 3.10. The van der Waals surface area contributed by atoms with Crippen molar-refractivity contribution in [2.75, 3.05) is 10.2 Å². The number of aryl methyl sites for hydroxylation is 1. The number of carbonyl (C=O) groups is 1. The van der Waals surface area contributed by atoms with Crippen LogP contribution in [-0.4, -0.2) is 10.9 Å². The Kier molecular flexibility index (Phi) is 4.31. The van der Waals surface area contributed by atoms with E-state index in [-0.39, 0.29) is 5.91 Å². The van der Waals surface area contributed by atoms with Crippen molar-refractivity contribution in [3.05, 3.63) is 87.5 Å². The molecule has 130 valence electrons. The number of anilines is 2. The number of rotatable bonds is 3. The number of aromatic nitrogens is 1. The summed E-state index contributed by atoms with van der Waals surface area (Å²) in [6.07, 6.45) is 1.29. The van der Waals surface area contributed by atoms with E-state index in [1.807, 2.05) is 43.3 Å². The van der Waals surface area contributed by atoms with Gasteiger partial charge in [0.25, 0.3) is 5.91 Å². The van der Waals surface area contributed by atoms with Gasteiger partial charge in [0.2, 0.25) is 0 Å². The molecule has 1 N–H and O–H groups in total. The van der Waals surface area contributed by atoms with Gasteiger partial charge in [-0.05, 0) is 36.8 Å². The van der Waals surface area contributed by atoms with Crippen LogP contribution in [0.5, 0.6) is 0 Å². The molecule has 26 heavy (non-hydrogen) atoms. The molecule has 4 rings (SSSR count). The Balaban J connectivity index is 1.82. The molecular weight excluding hydrogens is 369 g/mol. The van der Waals surface area contributed by atoms with Crippen LogP contribution in [0.15, 0.2) is 60.8 Å². The maximum absolute atomic E-state index is 13.0. The molecule has 2 aromatic carbocycles. The number of hydrogen-bond donors (Lipinski definition) is 1. The minimum Gasteiger partial charge on any atom is -0.359 e. The van der Waals surface area contributed by atoms with E-state index in [0.29, 0.717) is 27.1 Å². The Bertz CT molecular complexity index is 968. The SMILES string of the molecule is Cc1ccc(N2C(=O)c3ccccc3C2Nc2c(Cl)cccc2Cl)nc1. The van der Waals surface area contributed by atoms with Crippen molar-refractivity contribution in [1.82, 2.24) is 4.98 Å². The second-order valence-corrected chi connectivity index (χ2v) is 6.91. The Morgan fingerprint density at radius 3 is 2.42 bits per heavy atom. The number of para-hydroxylation sites is 1. The van der Waals surface area contributed by atoms with Gasteiger partial charge in [0.05, 0.1) is 15.7 Å². The molecule has 1 amide bonds. The molecule has 0 bridgehead atoms. The average Bonchev–Trinajstić information content (AvgIpc) is 2.92. The molecule has 0 radical (unpaired) electrons. The molecule has 0 saturated heterocycles. The Morgan fingerprint density at radius 1 is 1.00 bits per heavy atom. The van der Waals surface area contributed by atoms with Crippen LogP contribution in [0.1, 0.15) is 27.7 Å². The predicted molar refractivity (Wildman–Crippen MR) is 105 cm³/mol. The maximum atomic E-state index is 13.0. The molecule has 0 saturated carbocycles. The Labute approximate surface area is 161 Å². The van der Waals surface area contributed by atoms with Crippen LogP contribution < -0.4 is 10.2 Å². The normalized spacial score (nSPS) is 15.9. The van der Waals surface area contributed by atoms with Crippen molar-refractivity contribution in [3.8, 4) is 0 Å². The van der Waals surface area contributed by atoms with Crippen LogP contribution in [0, 0.1) is 6.92 Å². The van der Waals surface area contributed by atoms with Gasteiger partial charge in [-0.25, -0.2) is 4.98 Å². The highest BCUT2D eigenvalue weighted by molar-refractivity contribution is 6.39. The highest BCUT2D eigenvalue weighted by Gasteiger charge is 2.38. The zero-order valence-electron chi connectivity index (χ0n) is 13.9. The Morgan fingerprint density at radius 2 is 1.73 bits per heavy atom. The molecule has 2 heterocycles. The van der Waals surface area contributed by atoms with Gasteiger partial charge in [-0.3, -0.25) is 9.69 Å². The van der Waals surface area contributed by atoms with Gasteiger partial charge >= 0.3 is 0 Å². The molecule has 1 aliphatic rings. The highest BCUT2D eigenvalue weighted by atomic mass is 35.5. The van der Waals surface area contributed by atoms with Crippen molar-refractivity contribution in [1.29, 1.82) is 0 Å². The highest BCUT2D eigenvalue weighted by Crippen LogP contribution is 2.40. The molecule has 3 aromatic rings. The first kappa shape index (κ1) is 16.9. The quantitative estimate of drug-likeness (QED) is 0.652. The van der Waals surface area contributed by atoms with Gasteiger partial charge in [-0.1, -0.05) is 53.5 Å². The third kappa shape index (κ3) is 2.81. The first-order chi connectivity index (χ1) is 12.6. The van der Waals surface area contributed by atoms with Gasteiger partial charge in [-0.2, -0.15) is 0 Å². The number of nitrogens with one attached hydrogen (secondary N) is 1. The summed E-state index contributed by atoms with van der Waals surface area (Å²) in [5, 5.41) is 4.31. The molecule has 4 nitrogen and oxygen atoms in total. The lowest BCUT2D eigenvalue weighted by Gasteiger charge is -2.27. The van der Waals surface area contributed by atoms with Crippen molar-refractivity contribution in [2.45, 2.75) is 13.1 Å². The number of nitrogens with zero attached hydrogens (tertiary/aromatic N) is 2. The van der Waals surface area contributed by atoms with Crippen molar-refractivity contribution in [3.63, 3.8) is 0 Å². The van der Waals surface area contributed by atoms with E-state index in [1.54, 1.807) is 29.3 Å². The minimum atomic E-state index is -0.452. The second-order valence-electron chi connectivity index (χ2n) is 6.10. The number of halogens is 2. The van der Waals surface area contributed by atoms with Crippen molar-refractivity contribution < 1.29 is 4.79 Å². The molecule has 6 heteroatoms. The molecule has 0 fully saturated rings. The lowest BCUT2D eigenvalue weighted by Crippen LogP contribution is -2.33. The van der Waals surface area contributed by atoms with Gasteiger partial charge in [-0.15, -0.1) is 0 Å². The molecule has 1 unspecified atom stereocenters. The number of benzene rings is 2. The fourth-order valence-corrected chi connectivity index (χ4v) is 3.58. The average molecular weight is 384 g/mol. The van der Waals surface area contributed by atoms with Crippen LogP contribution in [0.4, 0.5) is 11.5 Å². The summed E-state index contributed by atoms with van der Waals surface area (Å²) in [4.78, 5) is 19.1. The van der Waals surface area contributed by atoms with E-state index in [0.717, 1.165) is 11.1 Å². The molecule has 0 spiro atoms. The third-order valence-electron chi connectivity index (χ3n) is 4.35. The largest absolute Gasteiger partial charge is 0.359 e. The second kappa shape index (κ2) is 6.63. The fourth-order valence-electron chi connectivity index (χ4n) is 3.07. The summed E-state index contributed by atoms with van der Waals surface area (Å²) < 4.78 is 0. The van der Waals surface area contributed by atoms with Crippen molar-refractivity contribution in [2.24, 2.45) is 0 Å². The van der Waals surface area contributed by atoms with Gasteiger partial charge < -0.3 is 5.32 Å². The third-order valence-corrected chi connectivity index (χ3v) is 4.98. The molecule has 0 aliphatic carbocycles. The first-order valence-electron chi connectivity index (χ1n) is 8.12. The van der Waals surface area contributed by atoms with E-state index in [4.69, 9.17) is 23.2 Å². The van der Waals surface area contributed by atoms with Crippen LogP contribution in [0.25, 0.3) is 0 Å². The number of hydrogen-bond acceptors (Lipinski definition) is 3. The molecule has 1 aliphatic heterocycles. The summed E-state index contributed by atoms with van der Waals surface area (Å²) in [5.74, 6) is 0.454. The van der Waals surface area contributed by atoms with Crippen LogP contribution >= 0.6 is 23.2 Å². The van der Waals surface area contributed by atoms with Gasteiger partial charge in [0.1, 0.15) is 12.0 Å². The van der Waals surface area contributed by atoms with Crippen LogP contribution in [0.3, 0.4) is 0 Å². The van der Waals surface area contributed by atoms with E-state index >= 15 is 0 Å². The zero-order valence-corrected chi connectivity index (χ0v) is 15.4. The maximum Gasteiger partial charge on any atom is 0.261 e. The summed E-state index contributed by atoms with van der Waals surface area (Å²) >= 11 is 12.6. The lowest BCUT2D eigenvalue weighted by atomic mass is 10.1. The summed E-state index contributed by atoms with van der Waals surface area (Å²) in [6, 6.07) is 16.5. The number of fused-ring (bicyclic) bond motifs is 1. The summed E-state index contributed by atoms with van der Waals surface area (Å²) in [6.45, 7) is 1.95. The predicted octanol–water partition coefficient (Wildman–Crippen LogP) is 5.47. The topological polar surface area (TPSA) is 45.2 Å². The van der Waals surface area contributed by atoms with E-state index in [9.17, 15) is 4.79 Å². The molecule has 1 atom stereocenters. The minimum absolute atomic E-state index is 0.113. The number of carbonyl (C=O) groups excluding carboxylic acids is 1. The van der Waals surface area contributed by atoms with E-state index in [1.165, 1.54) is 0 Å². The monoisotopic (exact) mass is 383 g/mol. The first-order valence-corrected chi connectivity index (χ1v) is 8.87. The van der Waals surface area contributed by atoms with Crippen LogP contribution in [-0.2, 0) is 0 Å². The van der Waals surface area contributed by atoms with Crippen LogP contribution in [0.2, 0.25) is 10.0 Å². The fraction of sp³-hybridized carbons (Fsp3) is 0.100. The number of amides is 1. The van der Waals surface area contributed by atoms with E-state index < -0.39 is 6.17 Å². The molecular formula is C20H15Cl2N3O. The van der Waals surface area contributed by atoms with Gasteiger partial charge in [0, 0.05) is 17.3 Å². The standard InChI is InChI=1S/C20H15Cl2N3O/c1-12-9-10-17(23-11-12)25-19(13-5-2-3-6-14(13)20(25)26)24-18-15(21)7-4-8-16(18)22/h2-11,19,24H,1H3. The van der Waals surface area contributed by atoms with Gasteiger partial charge in [0.15, 0.2) is 0 Å². The lowest BCUT2D eigenvalue weighted by molar-refractivity contribution is 0.0992. The van der Waals surface area contributed by atoms with E-state index in [2.05, 4.69) is 10.3 Å². The zero-order chi connectivity index (χ0) is 18.3. The molecule has 1 aromatic heterocycles. The number of pyridine rings is 1. The van der Waals surface area contributed by atoms with Crippen molar-refractivity contribution >= 4 is 40.6 Å². The Hall–Kier alpha value is -2.56.